The molecule has 0 aromatic carbocycles. The van der Waals surface area contributed by atoms with Crippen molar-refractivity contribution in [1.29, 1.82) is 0 Å². The van der Waals surface area contributed by atoms with Crippen LogP contribution in [0.4, 0.5) is 0 Å². The van der Waals surface area contributed by atoms with Crippen LogP contribution in [0.15, 0.2) is 0 Å². The molecule has 4 rings (SSSR count). The van der Waals surface area contributed by atoms with Crippen LogP contribution in [0, 0.1) is 40.4 Å². The second-order valence-corrected chi connectivity index (χ2v) is 10.2. The smallest absolute Gasteiger partial charge is 0.0266 e. The van der Waals surface area contributed by atoms with Gasteiger partial charge >= 0.3 is 0 Å². The quantitative estimate of drug-likeness (QED) is 0.482. The van der Waals surface area contributed by atoms with Crippen molar-refractivity contribution in [3.05, 3.63) is 0 Å². The van der Waals surface area contributed by atoms with E-state index in [9.17, 15) is 0 Å². The fourth-order valence-electron chi connectivity index (χ4n) is 8.01. The van der Waals surface area contributed by atoms with E-state index in [-0.39, 0.29) is 0 Å². The molecule has 0 aromatic heterocycles. The minimum atomic E-state index is 0.719. The van der Waals surface area contributed by atoms with Crippen LogP contribution < -0.4 is 0 Å². The van der Waals surface area contributed by atoms with E-state index in [4.69, 9.17) is 0 Å². The molecule has 4 aliphatic carbocycles. The first-order chi connectivity index (χ1) is 11.6. The van der Waals surface area contributed by atoms with Crippen LogP contribution in [0.5, 0.6) is 0 Å². The molecule has 0 bridgehead atoms. The van der Waals surface area contributed by atoms with E-state index >= 15 is 0 Å². The molecule has 4 fully saturated rings. The van der Waals surface area contributed by atoms with Gasteiger partial charge in [0.2, 0.25) is 0 Å². The van der Waals surface area contributed by atoms with E-state index in [1.807, 2.05) is 13.8 Å². The summed E-state index contributed by atoms with van der Waals surface area (Å²) in [4.78, 5) is 0. The molecule has 7 unspecified atom stereocenters. The summed E-state index contributed by atoms with van der Waals surface area (Å²) in [6.45, 7) is 11.8. The molecule has 140 valence electrons. The summed E-state index contributed by atoms with van der Waals surface area (Å²) in [6, 6.07) is 0. The van der Waals surface area contributed by atoms with Crippen molar-refractivity contribution in [1.82, 2.24) is 0 Å². The van der Waals surface area contributed by atoms with Crippen molar-refractivity contribution in [2.24, 2.45) is 40.4 Å². The number of rotatable bonds is 2. The van der Waals surface area contributed by atoms with Crippen molar-refractivity contribution in [3.63, 3.8) is 0 Å². The fourth-order valence-corrected chi connectivity index (χ4v) is 8.01. The summed E-state index contributed by atoms with van der Waals surface area (Å²) in [5.74, 6) is 5.43. The van der Waals surface area contributed by atoms with Gasteiger partial charge in [-0.25, -0.2) is 0 Å². The predicted molar refractivity (Wildman–Crippen MR) is 106 cm³/mol. The highest BCUT2D eigenvalue weighted by molar-refractivity contribution is 5.07. The van der Waals surface area contributed by atoms with Crippen molar-refractivity contribution >= 4 is 0 Å². The Hall–Kier alpha value is 0. The van der Waals surface area contributed by atoms with Gasteiger partial charge in [-0.3, -0.25) is 0 Å². The maximum Gasteiger partial charge on any atom is -0.0266 e. The fraction of sp³-hybridized carbons (Fsp3) is 1.00. The van der Waals surface area contributed by atoms with Gasteiger partial charge in [0.1, 0.15) is 0 Å². The Morgan fingerprint density at radius 2 is 1.62 bits per heavy atom. The first-order valence-corrected chi connectivity index (χ1v) is 11.6. The molecule has 4 saturated carbocycles. The van der Waals surface area contributed by atoms with Crippen LogP contribution in [-0.2, 0) is 0 Å². The normalized spacial score (nSPS) is 50.1. The molecule has 0 heterocycles. The van der Waals surface area contributed by atoms with E-state index in [0.29, 0.717) is 0 Å². The van der Waals surface area contributed by atoms with E-state index in [1.165, 1.54) is 19.3 Å². The molecule has 0 radical (unpaired) electrons. The molecule has 0 nitrogen and oxygen atoms in total. The second kappa shape index (κ2) is 7.32. The molecular formula is C24H44. The first-order valence-electron chi connectivity index (χ1n) is 11.6. The lowest BCUT2D eigenvalue weighted by molar-refractivity contribution is -0.111. The Kier molecular flexibility index (Phi) is 5.73. The van der Waals surface area contributed by atoms with Gasteiger partial charge in [-0.05, 0) is 98.2 Å². The largest absolute Gasteiger partial charge is 0.0683 e. The van der Waals surface area contributed by atoms with Crippen molar-refractivity contribution < 1.29 is 0 Å². The standard InChI is InChI=1S/C22H38.C2H6/c1-4-6-16-10-14-22(3)17(15-16)8-9-18-19-7-5-12-21(19,2)13-11-20(18)22;1-2/h16-20H,4-15H2,1-3H3;1-2H3. The average Bonchev–Trinajstić information content (AvgIpc) is 2.99. The van der Waals surface area contributed by atoms with Gasteiger partial charge in [0, 0.05) is 0 Å². The molecule has 0 amide bonds. The van der Waals surface area contributed by atoms with Gasteiger partial charge in [-0.15, -0.1) is 0 Å². The topological polar surface area (TPSA) is 0 Å². The van der Waals surface area contributed by atoms with Gasteiger partial charge in [-0.2, -0.15) is 0 Å². The Bertz CT molecular complexity index is 412. The molecule has 24 heavy (non-hydrogen) atoms. The lowest BCUT2D eigenvalue weighted by Crippen LogP contribution is -2.52. The summed E-state index contributed by atoms with van der Waals surface area (Å²) in [7, 11) is 0. The molecule has 0 aromatic rings. The lowest BCUT2D eigenvalue weighted by atomic mass is 9.44. The van der Waals surface area contributed by atoms with Gasteiger partial charge in [0.05, 0.1) is 0 Å². The van der Waals surface area contributed by atoms with Crippen molar-refractivity contribution in [3.8, 4) is 0 Å². The van der Waals surface area contributed by atoms with Gasteiger partial charge in [0.15, 0.2) is 0 Å². The summed E-state index contributed by atoms with van der Waals surface area (Å²) in [5.41, 5.74) is 1.46. The Labute approximate surface area is 152 Å². The minimum Gasteiger partial charge on any atom is -0.0683 e. The van der Waals surface area contributed by atoms with Crippen LogP contribution in [0.1, 0.15) is 112 Å². The summed E-state index contributed by atoms with van der Waals surface area (Å²) in [6.07, 6.45) is 18.5. The number of hydrogen-bond donors (Lipinski definition) is 0. The van der Waals surface area contributed by atoms with Crippen LogP contribution in [0.3, 0.4) is 0 Å². The van der Waals surface area contributed by atoms with Gasteiger partial charge < -0.3 is 0 Å². The van der Waals surface area contributed by atoms with E-state index in [2.05, 4.69) is 20.8 Å². The molecule has 0 N–H and O–H groups in total. The Morgan fingerprint density at radius 1 is 0.833 bits per heavy atom. The summed E-state index contributed by atoms with van der Waals surface area (Å²) >= 11 is 0. The highest BCUT2D eigenvalue weighted by Gasteiger charge is 2.57. The zero-order valence-electron chi connectivity index (χ0n) is 17.4. The zero-order valence-corrected chi connectivity index (χ0v) is 17.4. The lowest BCUT2D eigenvalue weighted by Gasteiger charge is -2.60. The molecule has 0 heteroatoms. The van der Waals surface area contributed by atoms with Crippen molar-refractivity contribution in [2.75, 3.05) is 0 Å². The first kappa shape index (κ1) is 18.8. The van der Waals surface area contributed by atoms with Gasteiger partial charge in [0.25, 0.3) is 0 Å². The average molecular weight is 333 g/mol. The number of hydrogen-bond acceptors (Lipinski definition) is 0. The third-order valence-electron chi connectivity index (χ3n) is 9.25. The van der Waals surface area contributed by atoms with Crippen molar-refractivity contribution in [2.45, 2.75) is 112 Å². The Balaban J connectivity index is 0.000000815. The highest BCUT2D eigenvalue weighted by Crippen LogP contribution is 2.66. The molecule has 0 saturated heterocycles. The van der Waals surface area contributed by atoms with Gasteiger partial charge in [-0.1, -0.05) is 53.9 Å². The predicted octanol–water partition coefficient (Wildman–Crippen LogP) is 7.86. The van der Waals surface area contributed by atoms with Crippen LogP contribution >= 0.6 is 0 Å². The SMILES string of the molecule is CC.CCCC1CCC2(C)C(CCC3C4CCCC4(C)CCC32)C1. The minimum absolute atomic E-state index is 0.719. The monoisotopic (exact) mass is 332 g/mol. The Morgan fingerprint density at radius 3 is 2.38 bits per heavy atom. The van der Waals surface area contributed by atoms with E-state index < -0.39 is 0 Å². The van der Waals surface area contributed by atoms with Crippen LogP contribution in [0.2, 0.25) is 0 Å². The maximum absolute atomic E-state index is 2.73. The zero-order chi connectivity index (χ0) is 17.4. The maximum atomic E-state index is 2.73. The second-order valence-electron chi connectivity index (χ2n) is 10.2. The third-order valence-corrected chi connectivity index (χ3v) is 9.25. The molecule has 0 aliphatic heterocycles. The van der Waals surface area contributed by atoms with Crippen LogP contribution in [0.25, 0.3) is 0 Å². The third kappa shape index (κ3) is 2.99. The van der Waals surface area contributed by atoms with Crippen LogP contribution in [-0.4, -0.2) is 0 Å². The summed E-state index contributed by atoms with van der Waals surface area (Å²) in [5, 5.41) is 0. The molecule has 4 aliphatic rings. The highest BCUT2D eigenvalue weighted by atomic mass is 14.6. The molecule has 0 spiro atoms. The molecule has 7 atom stereocenters. The molecular weight excluding hydrogens is 288 g/mol. The number of fused-ring (bicyclic) bond motifs is 5. The van der Waals surface area contributed by atoms with E-state index in [1.54, 1.807) is 57.8 Å². The summed E-state index contributed by atoms with van der Waals surface area (Å²) < 4.78 is 0. The van der Waals surface area contributed by atoms with E-state index in [0.717, 1.165) is 40.4 Å².